The summed E-state index contributed by atoms with van der Waals surface area (Å²) >= 11 is 0. The molecule has 0 bridgehead atoms. The molecular weight excluding hydrogens is 170 g/mol. The number of ether oxygens (including phenoxy) is 1. The summed E-state index contributed by atoms with van der Waals surface area (Å²) in [4.78, 5) is 10.6. The Morgan fingerprint density at radius 3 is 2.00 bits per heavy atom. The minimum atomic E-state index is -0.780. The number of carbonyl (C=O) groups is 1. The molecule has 4 heteroatoms. The third-order valence-corrected chi connectivity index (χ3v) is 2.99. The van der Waals surface area contributed by atoms with E-state index in [-0.39, 0.29) is 6.10 Å². The normalized spacial score (nSPS) is 34.8. The number of carbonyl (C=O) groups excluding carboxylic acids is 1. The molecule has 0 spiro atoms. The van der Waals surface area contributed by atoms with E-state index in [4.69, 9.17) is 10.5 Å². The third-order valence-electron chi connectivity index (χ3n) is 2.99. The third kappa shape index (κ3) is 1.29. The summed E-state index contributed by atoms with van der Waals surface area (Å²) in [6.07, 6.45) is -1.56. The van der Waals surface area contributed by atoms with Crippen LogP contribution < -0.4 is 5.73 Å². The first-order valence-corrected chi connectivity index (χ1v) is 4.35. The van der Waals surface area contributed by atoms with Gasteiger partial charge in [0, 0.05) is 10.8 Å². The molecule has 0 atom stereocenters. The van der Waals surface area contributed by atoms with Crippen LogP contribution in [-0.2, 0) is 4.74 Å². The van der Waals surface area contributed by atoms with Gasteiger partial charge in [-0.25, -0.2) is 4.79 Å². The maximum absolute atomic E-state index is 10.6. The van der Waals surface area contributed by atoms with Crippen molar-refractivity contribution in [3.05, 3.63) is 0 Å². The van der Waals surface area contributed by atoms with Crippen LogP contribution in [0.1, 0.15) is 27.7 Å². The van der Waals surface area contributed by atoms with Crippen molar-refractivity contribution in [3.63, 3.8) is 0 Å². The highest BCUT2D eigenvalue weighted by molar-refractivity contribution is 5.65. The predicted octanol–water partition coefficient (Wildman–Crippen LogP) is 0.877. The number of amides is 1. The lowest BCUT2D eigenvalue weighted by Crippen LogP contribution is -2.68. The average Bonchev–Trinajstić information content (AvgIpc) is 1.98. The number of rotatable bonds is 1. The Labute approximate surface area is 78.1 Å². The Morgan fingerprint density at radius 2 is 1.69 bits per heavy atom. The molecule has 1 rings (SSSR count). The fourth-order valence-corrected chi connectivity index (χ4v) is 2.53. The summed E-state index contributed by atoms with van der Waals surface area (Å²) in [5.74, 6) is 0. The summed E-state index contributed by atoms with van der Waals surface area (Å²) < 4.78 is 4.97. The first-order valence-electron chi connectivity index (χ1n) is 4.35. The molecule has 1 aliphatic carbocycles. The Morgan fingerprint density at radius 1 is 1.31 bits per heavy atom. The van der Waals surface area contributed by atoms with Crippen molar-refractivity contribution in [2.75, 3.05) is 0 Å². The first kappa shape index (κ1) is 10.3. The van der Waals surface area contributed by atoms with Gasteiger partial charge in [0.15, 0.2) is 0 Å². The average molecular weight is 187 g/mol. The second-order valence-corrected chi connectivity index (χ2v) is 4.86. The maximum atomic E-state index is 10.6. The van der Waals surface area contributed by atoms with Gasteiger partial charge < -0.3 is 15.6 Å². The largest absolute Gasteiger partial charge is 0.445 e. The highest BCUT2D eigenvalue weighted by Crippen LogP contribution is 2.55. The van der Waals surface area contributed by atoms with Gasteiger partial charge in [-0.05, 0) is 0 Å². The zero-order valence-electron chi connectivity index (χ0n) is 8.50. The Kier molecular flexibility index (Phi) is 2.07. The van der Waals surface area contributed by atoms with E-state index in [1.807, 2.05) is 27.7 Å². The number of nitrogens with two attached hydrogens (primary N) is 1. The van der Waals surface area contributed by atoms with Gasteiger partial charge in [0.25, 0.3) is 0 Å². The van der Waals surface area contributed by atoms with Gasteiger partial charge in [-0.2, -0.15) is 0 Å². The second-order valence-electron chi connectivity index (χ2n) is 4.86. The minimum absolute atomic E-state index is 0.313. The van der Waals surface area contributed by atoms with Gasteiger partial charge in [0.2, 0.25) is 0 Å². The summed E-state index contributed by atoms with van der Waals surface area (Å²) in [5, 5.41) is 9.75. The van der Waals surface area contributed by atoms with Crippen LogP contribution in [0.4, 0.5) is 4.79 Å². The van der Waals surface area contributed by atoms with Crippen LogP contribution in [0, 0.1) is 10.8 Å². The van der Waals surface area contributed by atoms with E-state index in [0.717, 1.165) is 0 Å². The molecule has 1 aliphatic rings. The number of hydrogen-bond acceptors (Lipinski definition) is 3. The molecule has 13 heavy (non-hydrogen) atoms. The molecule has 0 saturated heterocycles. The Hall–Kier alpha value is -0.770. The summed E-state index contributed by atoms with van der Waals surface area (Å²) in [5.41, 5.74) is 4.14. The van der Waals surface area contributed by atoms with E-state index in [9.17, 15) is 9.90 Å². The Balaban J connectivity index is 2.78. The molecule has 0 aromatic heterocycles. The van der Waals surface area contributed by atoms with Crippen LogP contribution in [0.2, 0.25) is 0 Å². The number of aliphatic hydroxyl groups is 1. The van der Waals surface area contributed by atoms with Crippen molar-refractivity contribution < 1.29 is 14.6 Å². The molecule has 0 aliphatic heterocycles. The molecule has 4 nitrogen and oxygen atoms in total. The molecule has 0 heterocycles. The van der Waals surface area contributed by atoms with Crippen LogP contribution in [0.25, 0.3) is 0 Å². The van der Waals surface area contributed by atoms with E-state index < -0.39 is 23.0 Å². The lowest BCUT2D eigenvalue weighted by molar-refractivity contribution is -0.245. The standard InChI is InChI=1S/C9H17NO3/c1-8(2)5(11)9(3,4)6(8)13-7(10)12/h5-6,11H,1-4H3,(H2,10,12). The molecule has 1 fully saturated rings. The van der Waals surface area contributed by atoms with Gasteiger partial charge in [0.05, 0.1) is 6.10 Å². The number of primary amides is 1. The number of aliphatic hydroxyl groups excluding tert-OH is 1. The predicted molar refractivity (Wildman–Crippen MR) is 48.0 cm³/mol. The zero-order valence-corrected chi connectivity index (χ0v) is 8.50. The number of hydrogen-bond donors (Lipinski definition) is 2. The molecule has 0 aromatic rings. The maximum Gasteiger partial charge on any atom is 0.404 e. The van der Waals surface area contributed by atoms with E-state index in [0.29, 0.717) is 0 Å². The summed E-state index contributed by atoms with van der Waals surface area (Å²) in [7, 11) is 0. The lowest BCUT2D eigenvalue weighted by Gasteiger charge is -2.60. The van der Waals surface area contributed by atoms with Crippen molar-refractivity contribution in [2.24, 2.45) is 16.6 Å². The van der Waals surface area contributed by atoms with Gasteiger partial charge in [-0.15, -0.1) is 0 Å². The molecule has 0 aromatic carbocycles. The molecule has 1 saturated carbocycles. The minimum Gasteiger partial charge on any atom is -0.445 e. The molecule has 1 amide bonds. The lowest BCUT2D eigenvalue weighted by atomic mass is 9.51. The van der Waals surface area contributed by atoms with Crippen LogP contribution >= 0.6 is 0 Å². The van der Waals surface area contributed by atoms with E-state index in [1.165, 1.54) is 0 Å². The van der Waals surface area contributed by atoms with Gasteiger partial charge in [-0.3, -0.25) is 0 Å². The van der Waals surface area contributed by atoms with E-state index in [2.05, 4.69) is 0 Å². The fraction of sp³-hybridized carbons (Fsp3) is 0.889. The van der Waals surface area contributed by atoms with Crippen LogP contribution in [0.3, 0.4) is 0 Å². The van der Waals surface area contributed by atoms with Crippen LogP contribution in [0.15, 0.2) is 0 Å². The first-order chi connectivity index (χ1) is 5.70. The molecule has 76 valence electrons. The van der Waals surface area contributed by atoms with Crippen molar-refractivity contribution >= 4 is 6.09 Å². The highest BCUT2D eigenvalue weighted by Gasteiger charge is 2.63. The highest BCUT2D eigenvalue weighted by atomic mass is 16.6. The van der Waals surface area contributed by atoms with Gasteiger partial charge >= 0.3 is 6.09 Å². The molecule has 3 N–H and O–H groups in total. The van der Waals surface area contributed by atoms with Crippen molar-refractivity contribution in [2.45, 2.75) is 39.9 Å². The monoisotopic (exact) mass is 187 g/mol. The van der Waals surface area contributed by atoms with Gasteiger partial charge in [-0.1, -0.05) is 27.7 Å². The van der Waals surface area contributed by atoms with Gasteiger partial charge in [0.1, 0.15) is 6.10 Å². The molecule has 0 radical (unpaired) electrons. The quantitative estimate of drug-likeness (QED) is 0.640. The van der Waals surface area contributed by atoms with Crippen LogP contribution in [0.5, 0.6) is 0 Å². The van der Waals surface area contributed by atoms with Crippen molar-refractivity contribution in [1.82, 2.24) is 0 Å². The second kappa shape index (κ2) is 2.61. The smallest absolute Gasteiger partial charge is 0.404 e. The molecular formula is C9H17NO3. The zero-order chi connectivity index (χ0) is 10.4. The fourth-order valence-electron chi connectivity index (χ4n) is 2.53. The van der Waals surface area contributed by atoms with Crippen molar-refractivity contribution in [3.8, 4) is 0 Å². The van der Waals surface area contributed by atoms with E-state index >= 15 is 0 Å². The summed E-state index contributed by atoms with van der Waals surface area (Å²) in [6.45, 7) is 7.43. The summed E-state index contributed by atoms with van der Waals surface area (Å²) in [6, 6.07) is 0. The van der Waals surface area contributed by atoms with Crippen LogP contribution in [-0.4, -0.2) is 23.4 Å². The molecule has 0 unspecified atom stereocenters. The Bertz CT molecular complexity index is 219. The van der Waals surface area contributed by atoms with Crippen molar-refractivity contribution in [1.29, 1.82) is 0 Å². The SMILES string of the molecule is CC1(C)C(O)C(C)(C)C1OC(N)=O. The topological polar surface area (TPSA) is 72.6 Å². The van der Waals surface area contributed by atoms with E-state index in [1.54, 1.807) is 0 Å².